The number of pyridine rings is 1. The molecule has 106 valence electrons. The van der Waals surface area contributed by atoms with Crippen LogP contribution in [-0.2, 0) is 0 Å². The van der Waals surface area contributed by atoms with Crippen LogP contribution in [0.15, 0.2) is 37.1 Å². The van der Waals surface area contributed by atoms with Crippen molar-refractivity contribution in [2.75, 3.05) is 18.0 Å². The molecular formula is C16H17N5. The summed E-state index contributed by atoms with van der Waals surface area (Å²) >= 11 is 0. The van der Waals surface area contributed by atoms with Gasteiger partial charge in [-0.2, -0.15) is 0 Å². The topological polar surface area (TPSA) is 57.7 Å². The molecule has 1 fully saturated rings. The third-order valence-electron chi connectivity index (χ3n) is 4.09. The van der Waals surface area contributed by atoms with Gasteiger partial charge in [-0.05, 0) is 25.3 Å². The Kier molecular flexibility index (Phi) is 3.03. The number of aromatic amines is 1. The number of H-pyrrole nitrogens is 1. The molecule has 5 heteroatoms. The molecule has 0 saturated carbocycles. The van der Waals surface area contributed by atoms with Gasteiger partial charge < -0.3 is 9.88 Å². The minimum absolute atomic E-state index is 0.884. The van der Waals surface area contributed by atoms with Crippen molar-refractivity contribution < 1.29 is 0 Å². The summed E-state index contributed by atoms with van der Waals surface area (Å²) in [6, 6.07) is 2.11. The van der Waals surface area contributed by atoms with Crippen LogP contribution in [0.1, 0.15) is 19.3 Å². The minimum atomic E-state index is 0.884. The zero-order valence-corrected chi connectivity index (χ0v) is 11.8. The molecule has 1 aliphatic rings. The number of nitrogens with one attached hydrogen (secondary N) is 1. The second-order valence-electron chi connectivity index (χ2n) is 5.39. The van der Waals surface area contributed by atoms with Gasteiger partial charge in [0.25, 0.3) is 0 Å². The first-order chi connectivity index (χ1) is 10.4. The lowest BCUT2D eigenvalue weighted by Gasteiger charge is -2.29. The number of nitrogens with zero attached hydrogens (tertiary/aromatic N) is 4. The Hall–Kier alpha value is -2.43. The van der Waals surface area contributed by atoms with Gasteiger partial charge in [-0.3, -0.25) is 9.97 Å². The van der Waals surface area contributed by atoms with E-state index >= 15 is 0 Å². The van der Waals surface area contributed by atoms with Crippen molar-refractivity contribution in [2.24, 2.45) is 0 Å². The first kappa shape index (κ1) is 12.3. The average Bonchev–Trinajstić information content (AvgIpc) is 3.00. The summed E-state index contributed by atoms with van der Waals surface area (Å²) in [5, 5.41) is 1.15. The number of rotatable bonds is 2. The molecule has 5 nitrogen and oxygen atoms in total. The Bertz CT molecular complexity index is 744. The maximum Gasteiger partial charge on any atom is 0.140 e. The Labute approximate surface area is 123 Å². The van der Waals surface area contributed by atoms with E-state index in [1.54, 1.807) is 18.6 Å². The fraction of sp³-hybridized carbons (Fsp3) is 0.312. The zero-order chi connectivity index (χ0) is 14.1. The van der Waals surface area contributed by atoms with E-state index in [1.165, 1.54) is 24.9 Å². The van der Waals surface area contributed by atoms with Crippen molar-refractivity contribution in [2.45, 2.75) is 19.3 Å². The third kappa shape index (κ3) is 2.14. The second-order valence-corrected chi connectivity index (χ2v) is 5.39. The van der Waals surface area contributed by atoms with Crippen molar-refractivity contribution in [1.82, 2.24) is 19.9 Å². The quantitative estimate of drug-likeness (QED) is 0.783. The van der Waals surface area contributed by atoms with Crippen molar-refractivity contribution in [3.8, 4) is 11.3 Å². The number of fused-ring (bicyclic) bond motifs is 1. The van der Waals surface area contributed by atoms with Gasteiger partial charge in [0.15, 0.2) is 0 Å². The van der Waals surface area contributed by atoms with Gasteiger partial charge in [-0.15, -0.1) is 0 Å². The van der Waals surface area contributed by atoms with Crippen molar-refractivity contribution >= 4 is 16.7 Å². The van der Waals surface area contributed by atoms with E-state index in [0.29, 0.717) is 0 Å². The Morgan fingerprint density at radius 2 is 1.90 bits per heavy atom. The standard InChI is InChI=1S/C16H17N5/c1-2-8-21(9-3-1)14-4-5-19-16-15(14)12(10-20-16)13-11-17-6-7-18-13/h4-7,10-11H,1-3,8-9H2,(H,19,20). The van der Waals surface area contributed by atoms with E-state index in [2.05, 4.69) is 30.9 Å². The molecule has 0 spiro atoms. The SMILES string of the molecule is c1cnc(-c2c[nH]c3nccc(N4CCCCC4)c23)cn1. The highest BCUT2D eigenvalue weighted by Gasteiger charge is 2.18. The molecule has 21 heavy (non-hydrogen) atoms. The van der Waals surface area contributed by atoms with Gasteiger partial charge in [0, 0.05) is 49.1 Å². The Balaban J connectivity index is 1.89. The smallest absolute Gasteiger partial charge is 0.140 e. The highest BCUT2D eigenvalue weighted by atomic mass is 15.1. The Morgan fingerprint density at radius 1 is 1.00 bits per heavy atom. The minimum Gasteiger partial charge on any atom is -0.371 e. The molecular weight excluding hydrogens is 262 g/mol. The van der Waals surface area contributed by atoms with Crippen LogP contribution in [-0.4, -0.2) is 33.0 Å². The van der Waals surface area contributed by atoms with E-state index in [9.17, 15) is 0 Å². The van der Waals surface area contributed by atoms with Crippen LogP contribution in [0, 0.1) is 0 Å². The predicted octanol–water partition coefficient (Wildman–Crippen LogP) is 3.01. The summed E-state index contributed by atoms with van der Waals surface area (Å²) in [6.07, 6.45) is 12.9. The molecule has 0 aliphatic carbocycles. The van der Waals surface area contributed by atoms with Crippen molar-refractivity contribution in [3.05, 3.63) is 37.1 Å². The summed E-state index contributed by atoms with van der Waals surface area (Å²) in [4.78, 5) is 18.8. The molecule has 3 aromatic rings. The predicted molar refractivity (Wildman–Crippen MR) is 83.2 cm³/mol. The molecule has 4 heterocycles. The molecule has 3 aromatic heterocycles. The van der Waals surface area contributed by atoms with Gasteiger partial charge in [0.1, 0.15) is 5.65 Å². The van der Waals surface area contributed by atoms with Crippen molar-refractivity contribution in [1.29, 1.82) is 0 Å². The average molecular weight is 279 g/mol. The van der Waals surface area contributed by atoms with E-state index < -0.39 is 0 Å². The molecule has 1 N–H and O–H groups in total. The number of hydrogen-bond donors (Lipinski definition) is 1. The lowest BCUT2D eigenvalue weighted by Crippen LogP contribution is -2.29. The van der Waals surface area contributed by atoms with Gasteiger partial charge in [0.2, 0.25) is 0 Å². The van der Waals surface area contributed by atoms with Crippen LogP contribution >= 0.6 is 0 Å². The molecule has 4 rings (SSSR count). The molecule has 0 atom stereocenters. The number of anilines is 1. The number of piperidine rings is 1. The maximum absolute atomic E-state index is 4.45. The molecule has 0 aromatic carbocycles. The number of aromatic nitrogens is 4. The summed E-state index contributed by atoms with van der Waals surface area (Å²) < 4.78 is 0. The highest BCUT2D eigenvalue weighted by molar-refractivity contribution is 6.01. The van der Waals surface area contributed by atoms with Crippen molar-refractivity contribution in [3.63, 3.8) is 0 Å². The fourth-order valence-electron chi connectivity index (χ4n) is 3.08. The van der Waals surface area contributed by atoms with Crippen LogP contribution in [0.2, 0.25) is 0 Å². The second kappa shape index (κ2) is 5.16. The lowest BCUT2D eigenvalue weighted by molar-refractivity contribution is 0.579. The van der Waals surface area contributed by atoms with E-state index in [0.717, 1.165) is 35.4 Å². The fourth-order valence-corrected chi connectivity index (χ4v) is 3.08. The first-order valence-electron chi connectivity index (χ1n) is 7.41. The maximum atomic E-state index is 4.45. The van der Waals surface area contributed by atoms with E-state index in [1.807, 2.05) is 12.4 Å². The van der Waals surface area contributed by atoms with E-state index in [4.69, 9.17) is 0 Å². The first-order valence-corrected chi connectivity index (χ1v) is 7.41. The highest BCUT2D eigenvalue weighted by Crippen LogP contribution is 2.34. The monoisotopic (exact) mass is 279 g/mol. The largest absolute Gasteiger partial charge is 0.371 e. The zero-order valence-electron chi connectivity index (χ0n) is 11.8. The van der Waals surface area contributed by atoms with Gasteiger partial charge in [-0.1, -0.05) is 0 Å². The third-order valence-corrected chi connectivity index (χ3v) is 4.09. The van der Waals surface area contributed by atoms with Gasteiger partial charge >= 0.3 is 0 Å². The summed E-state index contributed by atoms with van der Waals surface area (Å²) in [5.74, 6) is 0. The molecule has 0 radical (unpaired) electrons. The van der Waals surface area contributed by atoms with Crippen LogP contribution in [0.5, 0.6) is 0 Å². The Morgan fingerprint density at radius 3 is 2.71 bits per heavy atom. The van der Waals surface area contributed by atoms with E-state index in [-0.39, 0.29) is 0 Å². The summed E-state index contributed by atoms with van der Waals surface area (Å²) in [7, 11) is 0. The van der Waals surface area contributed by atoms with Crippen LogP contribution < -0.4 is 4.90 Å². The summed E-state index contributed by atoms with van der Waals surface area (Å²) in [5.41, 5.74) is 4.13. The van der Waals surface area contributed by atoms with Gasteiger partial charge in [0.05, 0.1) is 17.3 Å². The number of hydrogen-bond acceptors (Lipinski definition) is 4. The molecule has 0 amide bonds. The molecule has 0 bridgehead atoms. The normalized spacial score (nSPS) is 15.5. The van der Waals surface area contributed by atoms with Crippen LogP contribution in [0.25, 0.3) is 22.3 Å². The molecule has 1 saturated heterocycles. The van der Waals surface area contributed by atoms with Crippen LogP contribution in [0.3, 0.4) is 0 Å². The van der Waals surface area contributed by atoms with Crippen LogP contribution in [0.4, 0.5) is 5.69 Å². The molecule has 1 aliphatic heterocycles. The lowest BCUT2D eigenvalue weighted by atomic mass is 10.1. The van der Waals surface area contributed by atoms with Gasteiger partial charge in [-0.25, -0.2) is 4.98 Å². The molecule has 0 unspecified atom stereocenters. The summed E-state index contributed by atoms with van der Waals surface area (Å²) in [6.45, 7) is 2.23.